The van der Waals surface area contributed by atoms with Crippen LogP contribution >= 0.6 is 0 Å². The van der Waals surface area contributed by atoms with Crippen molar-refractivity contribution in [1.29, 1.82) is 0 Å². The first kappa shape index (κ1) is 25.1. The molecular weight excluding hydrogens is 560 g/mol. The summed E-state index contributed by atoms with van der Waals surface area (Å²) in [6, 6.07) is 55.8. The van der Waals surface area contributed by atoms with Gasteiger partial charge in [-0.1, -0.05) is 115 Å². The van der Waals surface area contributed by atoms with E-state index in [1.807, 2.05) is 6.07 Å². The Morgan fingerprint density at radius 1 is 0.391 bits per heavy atom. The molecular formula is C42H26N4. The fraction of sp³-hybridized carbons (Fsp3) is 0. The van der Waals surface area contributed by atoms with Crippen LogP contribution in [0.2, 0.25) is 0 Å². The maximum absolute atomic E-state index is 5.46. The summed E-state index contributed by atoms with van der Waals surface area (Å²) in [5, 5.41) is 7.10. The second-order valence-electron chi connectivity index (χ2n) is 11.8. The molecule has 0 atom stereocenters. The third-order valence-electron chi connectivity index (χ3n) is 9.29. The third-order valence-corrected chi connectivity index (χ3v) is 9.29. The summed E-state index contributed by atoms with van der Waals surface area (Å²) in [6.45, 7) is 0. The topological polar surface area (TPSA) is 35.6 Å². The number of hydrogen-bond acceptors (Lipinski definition) is 2. The predicted molar refractivity (Wildman–Crippen MR) is 191 cm³/mol. The minimum atomic E-state index is 0.823. The Hall–Kier alpha value is -6.26. The highest BCUT2D eigenvalue weighted by molar-refractivity contribution is 6.28. The number of fused-ring (bicyclic) bond motifs is 5. The van der Waals surface area contributed by atoms with Crippen LogP contribution in [-0.4, -0.2) is 19.1 Å². The van der Waals surface area contributed by atoms with Crippen molar-refractivity contribution in [2.75, 3.05) is 0 Å². The lowest BCUT2D eigenvalue weighted by molar-refractivity contribution is 1.08. The van der Waals surface area contributed by atoms with Gasteiger partial charge in [-0.3, -0.25) is 4.57 Å². The number of rotatable bonds is 3. The first-order valence-electron chi connectivity index (χ1n) is 15.6. The lowest BCUT2D eigenvalue weighted by Crippen LogP contribution is -2.04. The number of benzene rings is 7. The number of hydrogen-bond donors (Lipinski definition) is 0. The summed E-state index contributed by atoms with van der Waals surface area (Å²) < 4.78 is 4.73. The summed E-state index contributed by atoms with van der Waals surface area (Å²) >= 11 is 0. The summed E-state index contributed by atoms with van der Waals surface area (Å²) in [6.07, 6.45) is 0. The van der Waals surface area contributed by atoms with Gasteiger partial charge in [-0.05, 0) is 53.2 Å². The average Bonchev–Trinajstić information content (AvgIpc) is 3.40. The molecule has 0 aliphatic heterocycles. The molecule has 0 radical (unpaired) electrons. The summed E-state index contributed by atoms with van der Waals surface area (Å²) in [5.41, 5.74) is 9.31. The van der Waals surface area contributed by atoms with Gasteiger partial charge in [0.1, 0.15) is 5.69 Å². The Morgan fingerprint density at radius 3 is 1.83 bits per heavy atom. The van der Waals surface area contributed by atoms with E-state index in [4.69, 9.17) is 9.97 Å². The van der Waals surface area contributed by atoms with Crippen LogP contribution in [0.3, 0.4) is 0 Å². The van der Waals surface area contributed by atoms with Gasteiger partial charge < -0.3 is 4.57 Å². The Morgan fingerprint density at radius 2 is 1.00 bits per heavy atom. The molecule has 0 saturated carbocycles. The van der Waals surface area contributed by atoms with E-state index in [0.29, 0.717) is 0 Å². The van der Waals surface area contributed by atoms with Crippen molar-refractivity contribution in [3.63, 3.8) is 0 Å². The van der Waals surface area contributed by atoms with Gasteiger partial charge in [0.25, 0.3) is 0 Å². The second kappa shape index (κ2) is 9.62. The predicted octanol–water partition coefficient (Wildman–Crippen LogP) is 10.6. The number of aromatic nitrogens is 4. The van der Waals surface area contributed by atoms with E-state index in [0.717, 1.165) is 61.1 Å². The number of para-hydroxylation sites is 2. The maximum atomic E-state index is 5.46. The van der Waals surface area contributed by atoms with E-state index in [-0.39, 0.29) is 0 Å². The van der Waals surface area contributed by atoms with Crippen molar-refractivity contribution >= 4 is 65.4 Å². The van der Waals surface area contributed by atoms with Crippen molar-refractivity contribution in [2.45, 2.75) is 0 Å². The standard InChI is InChI=1S/C42H26N4/c1-3-14-28(15-4-1)40-42(43-33-26-25-27-13-7-8-18-30(27)41(33)44-40)46-35-22-11-20-32-31-19-9-10-21-34(31)45(29-16-5-2-6-17-29)36-23-12-24-37(46)39(36)38(32)35/h1-26H. The van der Waals surface area contributed by atoms with Crippen LogP contribution in [0.4, 0.5) is 0 Å². The summed E-state index contributed by atoms with van der Waals surface area (Å²) in [4.78, 5) is 10.9. The minimum absolute atomic E-state index is 0.823. The van der Waals surface area contributed by atoms with Crippen LogP contribution < -0.4 is 0 Å². The minimum Gasteiger partial charge on any atom is -0.309 e. The maximum Gasteiger partial charge on any atom is 0.165 e. The van der Waals surface area contributed by atoms with E-state index in [1.54, 1.807) is 0 Å². The lowest BCUT2D eigenvalue weighted by Gasteiger charge is -2.15. The zero-order valence-electron chi connectivity index (χ0n) is 24.8. The van der Waals surface area contributed by atoms with Gasteiger partial charge in [-0.25, -0.2) is 9.97 Å². The summed E-state index contributed by atoms with van der Waals surface area (Å²) in [7, 11) is 0. The zero-order chi connectivity index (χ0) is 30.2. The second-order valence-corrected chi connectivity index (χ2v) is 11.8. The molecule has 0 bridgehead atoms. The Labute approximate surface area is 264 Å². The number of nitrogens with zero attached hydrogens (tertiary/aromatic N) is 4. The molecule has 0 unspecified atom stereocenters. The Kier molecular flexibility index (Phi) is 5.25. The fourth-order valence-electron chi connectivity index (χ4n) is 7.34. The Bertz CT molecular complexity index is 2790. The van der Waals surface area contributed by atoms with Crippen molar-refractivity contribution in [2.24, 2.45) is 0 Å². The van der Waals surface area contributed by atoms with E-state index in [1.165, 1.54) is 27.1 Å². The van der Waals surface area contributed by atoms with Gasteiger partial charge in [0.15, 0.2) is 5.82 Å². The molecule has 0 spiro atoms. The zero-order valence-corrected chi connectivity index (χ0v) is 24.8. The fourth-order valence-corrected chi connectivity index (χ4v) is 7.34. The quantitative estimate of drug-likeness (QED) is 0.193. The first-order chi connectivity index (χ1) is 22.8. The molecule has 0 aliphatic rings. The van der Waals surface area contributed by atoms with Gasteiger partial charge in [-0.15, -0.1) is 0 Å². The summed E-state index contributed by atoms with van der Waals surface area (Å²) in [5.74, 6) is 0.823. The van der Waals surface area contributed by atoms with Crippen LogP contribution in [0.15, 0.2) is 158 Å². The molecule has 214 valence electrons. The highest BCUT2D eigenvalue weighted by Gasteiger charge is 2.23. The van der Waals surface area contributed by atoms with Crippen LogP contribution in [0, 0.1) is 0 Å². The van der Waals surface area contributed by atoms with Crippen molar-refractivity contribution in [1.82, 2.24) is 19.1 Å². The van der Waals surface area contributed by atoms with Crippen LogP contribution in [-0.2, 0) is 0 Å². The first-order valence-corrected chi connectivity index (χ1v) is 15.6. The van der Waals surface area contributed by atoms with Crippen molar-refractivity contribution in [3.8, 4) is 22.8 Å². The monoisotopic (exact) mass is 586 g/mol. The molecule has 4 heteroatoms. The van der Waals surface area contributed by atoms with E-state index < -0.39 is 0 Å². The van der Waals surface area contributed by atoms with Gasteiger partial charge in [0.2, 0.25) is 0 Å². The van der Waals surface area contributed by atoms with Gasteiger partial charge >= 0.3 is 0 Å². The highest BCUT2D eigenvalue weighted by Crippen LogP contribution is 2.43. The van der Waals surface area contributed by atoms with Crippen LogP contribution in [0.25, 0.3) is 88.2 Å². The van der Waals surface area contributed by atoms with Gasteiger partial charge in [-0.2, -0.15) is 0 Å². The molecule has 3 heterocycles. The molecule has 4 nitrogen and oxygen atoms in total. The van der Waals surface area contributed by atoms with Crippen LogP contribution in [0.5, 0.6) is 0 Å². The van der Waals surface area contributed by atoms with Crippen LogP contribution in [0.1, 0.15) is 0 Å². The van der Waals surface area contributed by atoms with E-state index >= 15 is 0 Å². The molecule has 0 saturated heterocycles. The van der Waals surface area contributed by atoms with E-state index in [9.17, 15) is 0 Å². The van der Waals surface area contributed by atoms with Gasteiger partial charge in [0, 0.05) is 32.8 Å². The smallest absolute Gasteiger partial charge is 0.165 e. The highest BCUT2D eigenvalue weighted by atomic mass is 15.1. The molecule has 7 aromatic carbocycles. The lowest BCUT2D eigenvalue weighted by atomic mass is 10.1. The van der Waals surface area contributed by atoms with E-state index in [2.05, 4.69) is 161 Å². The molecule has 10 rings (SSSR count). The molecule has 0 amide bonds. The molecule has 0 aliphatic carbocycles. The molecule has 46 heavy (non-hydrogen) atoms. The average molecular weight is 587 g/mol. The largest absolute Gasteiger partial charge is 0.309 e. The molecule has 0 N–H and O–H groups in total. The molecule has 0 fully saturated rings. The SMILES string of the molecule is c1ccc(-c2nc3c(ccc4ccccc43)nc2-n2c3cccc4c5ccccc5n(-c5ccccc5)c5cccc2c5c43)cc1. The Balaban J connectivity index is 1.43. The van der Waals surface area contributed by atoms with Gasteiger partial charge in [0.05, 0.1) is 33.1 Å². The molecule has 3 aromatic heterocycles. The van der Waals surface area contributed by atoms with Crippen molar-refractivity contribution in [3.05, 3.63) is 158 Å². The normalized spacial score (nSPS) is 11.9. The molecule has 10 aromatic rings. The van der Waals surface area contributed by atoms with Crippen molar-refractivity contribution < 1.29 is 0 Å². The third kappa shape index (κ3) is 3.49.